The van der Waals surface area contributed by atoms with Crippen molar-refractivity contribution >= 4 is 17.1 Å². The maximum absolute atomic E-state index is 5.58. The van der Waals surface area contributed by atoms with E-state index in [1.165, 1.54) is 32.1 Å². The summed E-state index contributed by atoms with van der Waals surface area (Å²) >= 11 is 0. The maximum atomic E-state index is 5.58. The lowest BCUT2D eigenvalue weighted by Gasteiger charge is -2.19. The van der Waals surface area contributed by atoms with Crippen molar-refractivity contribution in [3.8, 4) is 0 Å². The van der Waals surface area contributed by atoms with Crippen LogP contribution >= 0.6 is 0 Å². The van der Waals surface area contributed by atoms with Crippen LogP contribution in [0.25, 0.3) is 11.2 Å². The Labute approximate surface area is 93.5 Å². The van der Waals surface area contributed by atoms with Gasteiger partial charge in [0.2, 0.25) is 0 Å². The van der Waals surface area contributed by atoms with Crippen LogP contribution in [0.3, 0.4) is 0 Å². The minimum Gasteiger partial charge on any atom is -0.369 e. The molecule has 5 heteroatoms. The van der Waals surface area contributed by atoms with E-state index in [1.807, 2.05) is 0 Å². The van der Waals surface area contributed by atoms with E-state index < -0.39 is 0 Å². The number of fused-ring (bicyclic) bond motifs is 1. The van der Waals surface area contributed by atoms with Gasteiger partial charge in [-0.2, -0.15) is 4.98 Å². The number of nitrogens with one attached hydrogen (secondary N) is 1. The average molecular weight is 217 g/mol. The molecule has 0 unspecified atom stereocenters. The summed E-state index contributed by atoms with van der Waals surface area (Å²) in [6.45, 7) is 0. The molecule has 0 amide bonds. The Morgan fingerprint density at radius 2 is 2.00 bits per heavy atom. The van der Waals surface area contributed by atoms with Crippen molar-refractivity contribution in [2.24, 2.45) is 0 Å². The summed E-state index contributed by atoms with van der Waals surface area (Å²) in [6.07, 6.45) is 8.10. The zero-order valence-electron chi connectivity index (χ0n) is 9.11. The zero-order valence-corrected chi connectivity index (χ0v) is 9.11. The highest BCUT2D eigenvalue weighted by Gasteiger charge is 2.18. The van der Waals surface area contributed by atoms with Gasteiger partial charge in [0.1, 0.15) is 11.3 Å². The van der Waals surface area contributed by atoms with Crippen molar-refractivity contribution < 1.29 is 0 Å². The summed E-state index contributed by atoms with van der Waals surface area (Å²) in [4.78, 5) is 16.0. The van der Waals surface area contributed by atoms with E-state index in [9.17, 15) is 0 Å². The van der Waals surface area contributed by atoms with Crippen LogP contribution in [-0.2, 0) is 0 Å². The molecule has 3 rings (SSSR count). The minimum atomic E-state index is 0.407. The Bertz CT molecular complexity index is 498. The number of nitrogen functional groups attached to an aromatic ring is 1. The van der Waals surface area contributed by atoms with Crippen LogP contribution in [0.1, 0.15) is 43.8 Å². The molecular weight excluding hydrogens is 202 g/mol. The third-order valence-corrected chi connectivity index (χ3v) is 3.25. The molecule has 1 fully saturated rings. The maximum Gasteiger partial charge on any atom is 0.200 e. The average Bonchev–Trinajstić information content (AvgIpc) is 2.69. The minimum absolute atomic E-state index is 0.407. The van der Waals surface area contributed by atoms with Gasteiger partial charge in [-0.3, -0.25) is 0 Å². The van der Waals surface area contributed by atoms with Gasteiger partial charge in [0.05, 0.1) is 6.20 Å². The summed E-state index contributed by atoms with van der Waals surface area (Å²) in [5.41, 5.74) is 7.09. The van der Waals surface area contributed by atoms with Crippen LogP contribution in [-0.4, -0.2) is 19.9 Å². The Balaban J connectivity index is 1.97. The van der Waals surface area contributed by atoms with Crippen molar-refractivity contribution in [3.63, 3.8) is 0 Å². The lowest BCUT2D eigenvalue weighted by molar-refractivity contribution is 0.429. The van der Waals surface area contributed by atoms with Gasteiger partial charge >= 0.3 is 0 Å². The van der Waals surface area contributed by atoms with Gasteiger partial charge in [-0.1, -0.05) is 19.3 Å². The van der Waals surface area contributed by atoms with Gasteiger partial charge in [0, 0.05) is 5.92 Å². The van der Waals surface area contributed by atoms with Crippen molar-refractivity contribution in [3.05, 3.63) is 12.0 Å². The lowest BCUT2D eigenvalue weighted by Crippen LogP contribution is -2.08. The van der Waals surface area contributed by atoms with Gasteiger partial charge in [0.15, 0.2) is 11.6 Å². The Kier molecular flexibility index (Phi) is 2.23. The van der Waals surface area contributed by atoms with E-state index >= 15 is 0 Å². The van der Waals surface area contributed by atoms with Gasteiger partial charge in [-0.25, -0.2) is 9.97 Å². The van der Waals surface area contributed by atoms with Crippen molar-refractivity contribution in [1.82, 2.24) is 19.9 Å². The van der Waals surface area contributed by atoms with E-state index in [0.717, 1.165) is 11.3 Å². The summed E-state index contributed by atoms with van der Waals surface area (Å²) < 4.78 is 0. The SMILES string of the molecule is Nc1nc2nc(C3CCCCC3)ncc2[nH]1. The van der Waals surface area contributed by atoms with E-state index in [2.05, 4.69) is 19.9 Å². The highest BCUT2D eigenvalue weighted by atomic mass is 15.1. The summed E-state index contributed by atoms with van der Waals surface area (Å²) in [5.74, 6) is 1.85. The molecule has 0 saturated heterocycles. The Morgan fingerprint density at radius 3 is 2.81 bits per heavy atom. The molecule has 5 nitrogen and oxygen atoms in total. The van der Waals surface area contributed by atoms with E-state index in [1.54, 1.807) is 6.20 Å². The van der Waals surface area contributed by atoms with E-state index in [4.69, 9.17) is 5.73 Å². The second-order valence-electron chi connectivity index (χ2n) is 4.42. The van der Waals surface area contributed by atoms with Crippen LogP contribution in [0.2, 0.25) is 0 Å². The fourth-order valence-electron chi connectivity index (χ4n) is 2.40. The van der Waals surface area contributed by atoms with Crippen LogP contribution in [0.4, 0.5) is 5.95 Å². The first-order valence-corrected chi connectivity index (χ1v) is 5.81. The Morgan fingerprint density at radius 1 is 1.19 bits per heavy atom. The van der Waals surface area contributed by atoms with Gasteiger partial charge in [0.25, 0.3) is 0 Å². The zero-order chi connectivity index (χ0) is 11.0. The molecule has 84 valence electrons. The van der Waals surface area contributed by atoms with E-state index in [0.29, 0.717) is 17.5 Å². The molecule has 1 aliphatic rings. The monoisotopic (exact) mass is 217 g/mol. The van der Waals surface area contributed by atoms with Gasteiger partial charge in [-0.05, 0) is 12.8 Å². The molecule has 1 saturated carbocycles. The van der Waals surface area contributed by atoms with Gasteiger partial charge < -0.3 is 10.7 Å². The van der Waals surface area contributed by atoms with Crippen molar-refractivity contribution in [2.45, 2.75) is 38.0 Å². The number of aromatic amines is 1. The van der Waals surface area contributed by atoms with Gasteiger partial charge in [-0.15, -0.1) is 0 Å². The fourth-order valence-corrected chi connectivity index (χ4v) is 2.40. The molecule has 3 N–H and O–H groups in total. The molecule has 0 radical (unpaired) electrons. The predicted octanol–water partition coefficient (Wildman–Crippen LogP) is 1.98. The largest absolute Gasteiger partial charge is 0.369 e. The topological polar surface area (TPSA) is 80.5 Å². The van der Waals surface area contributed by atoms with Crippen LogP contribution in [0.5, 0.6) is 0 Å². The molecule has 0 spiro atoms. The second-order valence-corrected chi connectivity index (χ2v) is 4.42. The quantitative estimate of drug-likeness (QED) is 0.765. The number of aromatic nitrogens is 4. The number of nitrogens with two attached hydrogens (primary N) is 1. The smallest absolute Gasteiger partial charge is 0.200 e. The molecule has 2 aromatic rings. The fraction of sp³-hybridized carbons (Fsp3) is 0.545. The molecule has 16 heavy (non-hydrogen) atoms. The molecule has 0 atom stereocenters. The summed E-state index contributed by atoms with van der Waals surface area (Å²) in [5, 5.41) is 0. The molecule has 0 aromatic carbocycles. The van der Waals surface area contributed by atoms with E-state index in [-0.39, 0.29) is 0 Å². The first kappa shape index (κ1) is 9.57. The highest BCUT2D eigenvalue weighted by molar-refractivity contribution is 5.71. The molecule has 0 aliphatic heterocycles. The van der Waals surface area contributed by atoms with Crippen molar-refractivity contribution in [2.75, 3.05) is 5.73 Å². The first-order chi connectivity index (χ1) is 7.83. The number of nitrogens with zero attached hydrogens (tertiary/aromatic N) is 3. The molecule has 2 aromatic heterocycles. The number of H-pyrrole nitrogens is 1. The van der Waals surface area contributed by atoms with Crippen molar-refractivity contribution in [1.29, 1.82) is 0 Å². The number of rotatable bonds is 1. The molecule has 0 bridgehead atoms. The highest BCUT2D eigenvalue weighted by Crippen LogP contribution is 2.30. The predicted molar refractivity (Wildman–Crippen MR) is 61.9 cm³/mol. The summed E-state index contributed by atoms with van der Waals surface area (Å²) in [7, 11) is 0. The second kappa shape index (κ2) is 3.73. The van der Waals surface area contributed by atoms with Crippen LogP contribution in [0, 0.1) is 0 Å². The van der Waals surface area contributed by atoms with Crippen LogP contribution < -0.4 is 5.73 Å². The number of hydrogen-bond acceptors (Lipinski definition) is 4. The Hall–Kier alpha value is -1.65. The normalized spacial score (nSPS) is 18.0. The number of imidazole rings is 1. The number of hydrogen-bond donors (Lipinski definition) is 2. The van der Waals surface area contributed by atoms with Crippen LogP contribution in [0.15, 0.2) is 6.20 Å². The number of anilines is 1. The lowest BCUT2D eigenvalue weighted by atomic mass is 9.89. The third-order valence-electron chi connectivity index (χ3n) is 3.25. The standard InChI is InChI=1S/C11H15N5/c12-11-14-8-6-13-9(15-10(8)16-11)7-4-2-1-3-5-7/h6-7H,1-5H2,(H3,12,13,14,15,16). The third kappa shape index (κ3) is 1.62. The summed E-state index contributed by atoms with van der Waals surface area (Å²) in [6, 6.07) is 0. The first-order valence-electron chi connectivity index (χ1n) is 5.81. The molecule has 2 heterocycles. The molecular formula is C11H15N5. The molecule has 1 aliphatic carbocycles.